The second-order valence-corrected chi connectivity index (χ2v) is 3.91. The Labute approximate surface area is 88.7 Å². The lowest BCUT2D eigenvalue weighted by molar-refractivity contribution is 0.101. The third kappa shape index (κ3) is 3.42. The first-order valence-corrected chi connectivity index (χ1v) is 5.86. The van der Waals surface area contributed by atoms with Gasteiger partial charge in [-0.2, -0.15) is 11.8 Å². The van der Waals surface area contributed by atoms with Crippen LogP contribution in [0.15, 0.2) is 24.3 Å². The smallest absolute Gasteiger partial charge is 0.159 e. The van der Waals surface area contributed by atoms with Gasteiger partial charge in [-0.3, -0.25) is 4.79 Å². The lowest BCUT2D eigenvalue weighted by atomic mass is 10.1. The minimum atomic E-state index is 0.0697. The van der Waals surface area contributed by atoms with E-state index >= 15 is 0 Å². The van der Waals surface area contributed by atoms with Crippen LogP contribution in [-0.2, 0) is 0 Å². The van der Waals surface area contributed by atoms with Crippen LogP contribution in [0.5, 0.6) is 5.75 Å². The van der Waals surface area contributed by atoms with E-state index in [4.69, 9.17) is 4.74 Å². The van der Waals surface area contributed by atoms with Gasteiger partial charge in [-0.15, -0.1) is 0 Å². The summed E-state index contributed by atoms with van der Waals surface area (Å²) in [6.45, 7) is 2.24. The molecular weight excluding hydrogens is 196 g/mol. The first-order valence-electron chi connectivity index (χ1n) is 4.47. The molecule has 0 aliphatic rings. The maximum Gasteiger partial charge on any atom is 0.159 e. The molecule has 0 spiro atoms. The number of ketones is 1. The van der Waals surface area contributed by atoms with E-state index in [-0.39, 0.29) is 5.78 Å². The van der Waals surface area contributed by atoms with Crippen molar-refractivity contribution in [3.63, 3.8) is 0 Å². The van der Waals surface area contributed by atoms with Crippen LogP contribution < -0.4 is 4.74 Å². The fourth-order valence-corrected chi connectivity index (χ4v) is 1.30. The molecule has 76 valence electrons. The first kappa shape index (κ1) is 11.1. The zero-order valence-electron chi connectivity index (χ0n) is 8.45. The van der Waals surface area contributed by atoms with Crippen LogP contribution in [0.4, 0.5) is 0 Å². The van der Waals surface area contributed by atoms with Gasteiger partial charge in [0.1, 0.15) is 5.75 Å². The molecule has 1 aromatic rings. The molecule has 3 heteroatoms. The van der Waals surface area contributed by atoms with Crippen LogP contribution in [0.2, 0.25) is 0 Å². The molecule has 0 aromatic heterocycles. The van der Waals surface area contributed by atoms with Crippen LogP contribution in [0.25, 0.3) is 0 Å². The van der Waals surface area contributed by atoms with Crippen molar-refractivity contribution in [3.05, 3.63) is 29.8 Å². The molecule has 0 saturated heterocycles. The number of hydrogen-bond donors (Lipinski definition) is 0. The summed E-state index contributed by atoms with van der Waals surface area (Å²) in [7, 11) is 0. The Hall–Kier alpha value is -0.960. The Bertz CT molecular complexity index is 310. The predicted molar refractivity (Wildman–Crippen MR) is 60.3 cm³/mol. The summed E-state index contributed by atoms with van der Waals surface area (Å²) in [6, 6.07) is 7.28. The minimum absolute atomic E-state index is 0.0697. The highest BCUT2D eigenvalue weighted by atomic mass is 32.2. The number of hydrogen-bond acceptors (Lipinski definition) is 3. The second-order valence-electron chi connectivity index (χ2n) is 2.93. The van der Waals surface area contributed by atoms with E-state index in [1.54, 1.807) is 30.8 Å². The van der Waals surface area contributed by atoms with Gasteiger partial charge >= 0.3 is 0 Å². The first-order chi connectivity index (χ1) is 6.74. The van der Waals surface area contributed by atoms with Gasteiger partial charge in [-0.05, 0) is 25.3 Å². The Morgan fingerprint density at radius 2 is 2.29 bits per heavy atom. The van der Waals surface area contributed by atoms with Crippen molar-refractivity contribution in [1.82, 2.24) is 0 Å². The molecule has 0 unspecified atom stereocenters. The minimum Gasteiger partial charge on any atom is -0.493 e. The third-order valence-electron chi connectivity index (χ3n) is 1.80. The zero-order chi connectivity index (χ0) is 10.4. The van der Waals surface area contributed by atoms with E-state index in [9.17, 15) is 4.79 Å². The number of ether oxygens (including phenoxy) is 1. The molecule has 0 aliphatic carbocycles. The van der Waals surface area contributed by atoms with E-state index in [1.807, 2.05) is 18.4 Å². The Morgan fingerprint density at radius 3 is 2.93 bits per heavy atom. The van der Waals surface area contributed by atoms with Gasteiger partial charge in [0.15, 0.2) is 5.78 Å². The zero-order valence-corrected chi connectivity index (χ0v) is 9.26. The van der Waals surface area contributed by atoms with Crippen molar-refractivity contribution in [2.24, 2.45) is 0 Å². The largest absolute Gasteiger partial charge is 0.493 e. The fourth-order valence-electron chi connectivity index (χ4n) is 1.05. The number of benzene rings is 1. The maximum absolute atomic E-state index is 11.1. The monoisotopic (exact) mass is 210 g/mol. The van der Waals surface area contributed by atoms with Crippen LogP contribution >= 0.6 is 11.8 Å². The quantitative estimate of drug-likeness (QED) is 0.552. The molecule has 2 nitrogen and oxygen atoms in total. The van der Waals surface area contributed by atoms with E-state index in [1.165, 1.54) is 0 Å². The van der Waals surface area contributed by atoms with Crippen molar-refractivity contribution in [3.8, 4) is 5.75 Å². The van der Waals surface area contributed by atoms with Crippen LogP contribution in [-0.4, -0.2) is 24.4 Å². The molecule has 0 N–H and O–H groups in total. The van der Waals surface area contributed by atoms with Crippen LogP contribution in [0, 0.1) is 0 Å². The molecule has 0 heterocycles. The van der Waals surface area contributed by atoms with Crippen LogP contribution in [0.3, 0.4) is 0 Å². The van der Waals surface area contributed by atoms with Gasteiger partial charge in [-0.25, -0.2) is 0 Å². The molecule has 0 bridgehead atoms. The lowest BCUT2D eigenvalue weighted by Gasteiger charge is -2.05. The third-order valence-corrected chi connectivity index (χ3v) is 2.37. The molecule has 14 heavy (non-hydrogen) atoms. The summed E-state index contributed by atoms with van der Waals surface area (Å²) in [4.78, 5) is 11.1. The molecule has 0 amide bonds. The molecule has 0 fully saturated rings. The average molecular weight is 210 g/mol. The highest BCUT2D eigenvalue weighted by molar-refractivity contribution is 7.98. The maximum atomic E-state index is 11.1. The second kappa shape index (κ2) is 5.70. The number of carbonyl (C=O) groups is 1. The van der Waals surface area contributed by atoms with E-state index in [0.29, 0.717) is 12.2 Å². The number of rotatable bonds is 5. The standard InChI is InChI=1S/C11H14O2S/c1-9(12)10-4-3-5-11(8-10)13-6-7-14-2/h3-5,8H,6-7H2,1-2H3. The van der Waals surface area contributed by atoms with Gasteiger partial charge in [0, 0.05) is 11.3 Å². The summed E-state index contributed by atoms with van der Waals surface area (Å²) in [5, 5.41) is 0. The molecule has 0 aliphatic heterocycles. The molecule has 0 atom stereocenters. The molecule has 1 rings (SSSR count). The van der Waals surface area contributed by atoms with Gasteiger partial charge < -0.3 is 4.74 Å². The highest BCUT2D eigenvalue weighted by Crippen LogP contribution is 2.13. The normalized spacial score (nSPS) is 9.86. The van der Waals surface area contributed by atoms with E-state index in [2.05, 4.69) is 0 Å². The van der Waals surface area contributed by atoms with Gasteiger partial charge in [0.2, 0.25) is 0 Å². The fraction of sp³-hybridized carbons (Fsp3) is 0.364. The summed E-state index contributed by atoms with van der Waals surface area (Å²) >= 11 is 1.74. The lowest BCUT2D eigenvalue weighted by Crippen LogP contribution is -2.00. The molecule has 1 aromatic carbocycles. The van der Waals surface area contributed by atoms with E-state index in [0.717, 1.165) is 11.5 Å². The van der Waals surface area contributed by atoms with Gasteiger partial charge in [-0.1, -0.05) is 12.1 Å². The topological polar surface area (TPSA) is 26.3 Å². The molecule has 0 radical (unpaired) electrons. The summed E-state index contributed by atoms with van der Waals surface area (Å²) in [6.07, 6.45) is 2.04. The van der Waals surface area contributed by atoms with E-state index < -0.39 is 0 Å². The number of Topliss-reactive ketones (excluding diaryl/α,β-unsaturated/α-hetero) is 1. The summed E-state index contributed by atoms with van der Waals surface area (Å²) < 4.78 is 5.46. The van der Waals surface area contributed by atoms with Gasteiger partial charge in [0.05, 0.1) is 6.61 Å². The van der Waals surface area contributed by atoms with Crippen LogP contribution in [0.1, 0.15) is 17.3 Å². The SMILES string of the molecule is CSCCOc1cccc(C(C)=O)c1. The summed E-state index contributed by atoms with van der Waals surface area (Å²) in [5.74, 6) is 1.80. The molecule has 0 saturated carbocycles. The van der Waals surface area contributed by atoms with Crippen molar-refractivity contribution >= 4 is 17.5 Å². The number of thioether (sulfide) groups is 1. The van der Waals surface area contributed by atoms with Crippen molar-refractivity contribution in [1.29, 1.82) is 0 Å². The number of carbonyl (C=O) groups excluding carboxylic acids is 1. The van der Waals surface area contributed by atoms with Crippen molar-refractivity contribution in [2.75, 3.05) is 18.6 Å². The highest BCUT2D eigenvalue weighted by Gasteiger charge is 2.00. The predicted octanol–water partition coefficient (Wildman–Crippen LogP) is 2.63. The molecular formula is C11H14O2S. The Morgan fingerprint density at radius 1 is 1.50 bits per heavy atom. The average Bonchev–Trinajstić information content (AvgIpc) is 2.19. The van der Waals surface area contributed by atoms with Crippen molar-refractivity contribution in [2.45, 2.75) is 6.92 Å². The van der Waals surface area contributed by atoms with Gasteiger partial charge in [0.25, 0.3) is 0 Å². The summed E-state index contributed by atoms with van der Waals surface area (Å²) in [5.41, 5.74) is 0.701. The Balaban J connectivity index is 2.59. The van der Waals surface area contributed by atoms with Crippen molar-refractivity contribution < 1.29 is 9.53 Å². The Kier molecular flexibility index (Phi) is 4.53.